The molecule has 104 valence electrons. The van der Waals surface area contributed by atoms with Crippen molar-refractivity contribution in [1.29, 1.82) is 0 Å². The number of alkyl halides is 2. The lowest BCUT2D eigenvalue weighted by Gasteiger charge is -2.15. The highest BCUT2D eigenvalue weighted by molar-refractivity contribution is 7.98. The third kappa shape index (κ3) is 5.87. The van der Waals surface area contributed by atoms with Gasteiger partial charge in [0, 0.05) is 0 Å². The molecule has 0 saturated heterocycles. The summed E-state index contributed by atoms with van der Waals surface area (Å²) in [5.41, 5.74) is 0. The number of hydrogen-bond acceptors (Lipinski definition) is 3. The van der Waals surface area contributed by atoms with Crippen LogP contribution in [0.3, 0.4) is 0 Å². The molecule has 0 amide bonds. The molecule has 2 nitrogen and oxygen atoms in total. The van der Waals surface area contributed by atoms with Gasteiger partial charge in [0.1, 0.15) is 11.5 Å². The molecule has 1 N–H and O–H groups in total. The van der Waals surface area contributed by atoms with Crippen molar-refractivity contribution in [1.82, 2.24) is 5.32 Å². The fourth-order valence-corrected chi connectivity index (χ4v) is 1.84. The second kappa shape index (κ2) is 7.79. The molecule has 18 heavy (non-hydrogen) atoms. The van der Waals surface area contributed by atoms with Crippen molar-refractivity contribution in [2.24, 2.45) is 11.8 Å². The fourth-order valence-electron chi connectivity index (χ4n) is 1.40. The Morgan fingerprint density at radius 2 is 1.89 bits per heavy atom. The van der Waals surface area contributed by atoms with Gasteiger partial charge in [-0.3, -0.25) is 0 Å². The minimum atomic E-state index is -2.34. The zero-order valence-corrected chi connectivity index (χ0v) is 11.9. The van der Waals surface area contributed by atoms with E-state index >= 15 is 0 Å². The summed E-state index contributed by atoms with van der Waals surface area (Å²) in [6.07, 6.45) is 0. The Hall–Kier alpha value is -0.550. The van der Waals surface area contributed by atoms with Gasteiger partial charge in [-0.25, -0.2) is 0 Å². The Balaban J connectivity index is 2.27. The Morgan fingerprint density at radius 3 is 2.50 bits per heavy atom. The maximum Gasteiger partial charge on any atom is 0.284 e. The first-order chi connectivity index (χ1) is 8.49. The molecule has 1 unspecified atom stereocenters. The van der Waals surface area contributed by atoms with Crippen molar-refractivity contribution in [3.63, 3.8) is 0 Å². The topological polar surface area (TPSA) is 25.2 Å². The standard InChI is InChI=1S/C13H21F2NOS/c1-9(2)10(3)6-16-7-11-4-5-12(17-11)8-18-13(14)15/h4-5,9-10,13,16H,6-8H2,1-3H3. The second-order valence-corrected chi connectivity index (χ2v) is 5.77. The maximum atomic E-state index is 12.0. The zero-order chi connectivity index (χ0) is 13.5. The molecule has 0 aliphatic rings. The van der Waals surface area contributed by atoms with Crippen molar-refractivity contribution < 1.29 is 13.2 Å². The highest BCUT2D eigenvalue weighted by Gasteiger charge is 2.09. The number of halogens is 2. The van der Waals surface area contributed by atoms with Gasteiger partial charge in [-0.2, -0.15) is 8.78 Å². The van der Waals surface area contributed by atoms with E-state index in [4.69, 9.17) is 4.42 Å². The molecule has 1 aromatic heterocycles. The molecule has 0 aliphatic carbocycles. The number of furan rings is 1. The minimum absolute atomic E-state index is 0.222. The van der Waals surface area contributed by atoms with Crippen LogP contribution in [-0.2, 0) is 12.3 Å². The van der Waals surface area contributed by atoms with Crippen molar-refractivity contribution in [2.45, 2.75) is 38.8 Å². The van der Waals surface area contributed by atoms with Crippen LogP contribution in [0.1, 0.15) is 32.3 Å². The van der Waals surface area contributed by atoms with Crippen LogP contribution in [0, 0.1) is 11.8 Å². The molecule has 1 atom stereocenters. The molecule has 5 heteroatoms. The Labute approximate surface area is 112 Å². The molecule has 0 saturated carbocycles. The van der Waals surface area contributed by atoms with Gasteiger partial charge >= 0.3 is 0 Å². The summed E-state index contributed by atoms with van der Waals surface area (Å²) >= 11 is 0.583. The average molecular weight is 277 g/mol. The largest absolute Gasteiger partial charge is 0.464 e. The number of hydrogen-bond donors (Lipinski definition) is 1. The summed E-state index contributed by atoms with van der Waals surface area (Å²) in [7, 11) is 0. The van der Waals surface area contributed by atoms with Crippen molar-refractivity contribution >= 4 is 11.8 Å². The lowest BCUT2D eigenvalue weighted by molar-refractivity contribution is 0.251. The van der Waals surface area contributed by atoms with Crippen LogP contribution in [-0.4, -0.2) is 12.3 Å². The Bertz CT molecular complexity index is 341. The van der Waals surface area contributed by atoms with E-state index in [1.54, 1.807) is 6.07 Å². The molecule has 1 rings (SSSR count). The molecule has 0 radical (unpaired) electrons. The van der Waals surface area contributed by atoms with Crippen LogP contribution in [0.2, 0.25) is 0 Å². The van der Waals surface area contributed by atoms with E-state index in [0.717, 1.165) is 12.3 Å². The third-order valence-electron chi connectivity index (χ3n) is 2.97. The number of nitrogens with one attached hydrogen (secondary N) is 1. The fraction of sp³-hybridized carbons (Fsp3) is 0.692. The SMILES string of the molecule is CC(C)C(C)CNCc1ccc(CSC(F)F)o1. The lowest BCUT2D eigenvalue weighted by Crippen LogP contribution is -2.23. The van der Waals surface area contributed by atoms with Gasteiger partial charge in [-0.05, 0) is 30.5 Å². The van der Waals surface area contributed by atoms with Gasteiger partial charge in [0.2, 0.25) is 0 Å². The predicted molar refractivity (Wildman–Crippen MR) is 71.7 cm³/mol. The van der Waals surface area contributed by atoms with E-state index in [-0.39, 0.29) is 5.75 Å². The third-order valence-corrected chi connectivity index (χ3v) is 3.68. The maximum absolute atomic E-state index is 12.0. The molecule has 0 aliphatic heterocycles. The molecule has 1 aromatic rings. The van der Waals surface area contributed by atoms with Crippen LogP contribution in [0.25, 0.3) is 0 Å². The summed E-state index contributed by atoms with van der Waals surface area (Å²) in [5, 5.41) is 3.31. The van der Waals surface area contributed by atoms with Crippen LogP contribution in [0.4, 0.5) is 8.78 Å². The van der Waals surface area contributed by atoms with Crippen molar-refractivity contribution in [3.8, 4) is 0 Å². The molecule has 0 fully saturated rings. The van der Waals surface area contributed by atoms with E-state index in [9.17, 15) is 8.78 Å². The van der Waals surface area contributed by atoms with Gasteiger partial charge in [0.05, 0.1) is 12.3 Å². The molecule has 1 heterocycles. The van der Waals surface area contributed by atoms with Crippen LogP contribution < -0.4 is 5.32 Å². The summed E-state index contributed by atoms with van der Waals surface area (Å²) in [4.78, 5) is 0. The minimum Gasteiger partial charge on any atom is -0.464 e. The summed E-state index contributed by atoms with van der Waals surface area (Å²) in [5.74, 6) is 0.536. The van der Waals surface area contributed by atoms with Crippen molar-refractivity contribution in [3.05, 3.63) is 23.7 Å². The molecule has 0 spiro atoms. The number of thioether (sulfide) groups is 1. The molecule has 0 bridgehead atoms. The second-order valence-electron chi connectivity index (χ2n) is 4.79. The van der Waals surface area contributed by atoms with Crippen molar-refractivity contribution in [2.75, 3.05) is 6.54 Å². The molecular weight excluding hydrogens is 256 g/mol. The predicted octanol–water partition coefficient (Wildman–Crippen LogP) is 4.12. The van der Waals surface area contributed by atoms with Gasteiger partial charge in [0.25, 0.3) is 5.76 Å². The smallest absolute Gasteiger partial charge is 0.284 e. The lowest BCUT2D eigenvalue weighted by atomic mass is 9.98. The normalized spacial score (nSPS) is 13.5. The van der Waals surface area contributed by atoms with Gasteiger partial charge in [-0.1, -0.05) is 32.5 Å². The van der Waals surface area contributed by atoms with E-state index < -0.39 is 5.76 Å². The monoisotopic (exact) mass is 277 g/mol. The van der Waals surface area contributed by atoms with E-state index in [1.807, 2.05) is 6.07 Å². The van der Waals surface area contributed by atoms with E-state index in [0.29, 0.717) is 35.9 Å². The zero-order valence-electron chi connectivity index (χ0n) is 11.1. The number of rotatable bonds is 8. The van der Waals surface area contributed by atoms with Crippen LogP contribution in [0.15, 0.2) is 16.5 Å². The van der Waals surface area contributed by atoms with Crippen LogP contribution in [0.5, 0.6) is 0 Å². The van der Waals surface area contributed by atoms with Gasteiger partial charge in [0.15, 0.2) is 0 Å². The van der Waals surface area contributed by atoms with Gasteiger partial charge < -0.3 is 9.73 Å². The highest BCUT2D eigenvalue weighted by Crippen LogP contribution is 2.21. The van der Waals surface area contributed by atoms with E-state index in [1.165, 1.54) is 0 Å². The first-order valence-electron chi connectivity index (χ1n) is 6.17. The van der Waals surface area contributed by atoms with Gasteiger partial charge in [-0.15, -0.1) is 0 Å². The average Bonchev–Trinajstić information content (AvgIpc) is 2.74. The Kier molecular flexibility index (Phi) is 6.71. The quantitative estimate of drug-likeness (QED) is 0.774. The molecule has 0 aromatic carbocycles. The first-order valence-corrected chi connectivity index (χ1v) is 7.22. The summed E-state index contributed by atoms with van der Waals surface area (Å²) in [6, 6.07) is 3.60. The summed E-state index contributed by atoms with van der Waals surface area (Å²) in [6.45, 7) is 8.16. The first kappa shape index (κ1) is 15.5. The molecular formula is C13H21F2NOS. The van der Waals surface area contributed by atoms with E-state index in [2.05, 4.69) is 26.1 Å². The summed E-state index contributed by atoms with van der Waals surface area (Å²) < 4.78 is 29.5. The van der Waals surface area contributed by atoms with Crippen LogP contribution >= 0.6 is 11.8 Å². The Morgan fingerprint density at radius 1 is 1.22 bits per heavy atom. The highest BCUT2D eigenvalue weighted by atomic mass is 32.2.